The Balaban J connectivity index is 2.08. The van der Waals surface area contributed by atoms with E-state index in [2.05, 4.69) is 4.72 Å². The quantitative estimate of drug-likeness (QED) is 0.894. The molecular weight excluding hydrogens is 268 g/mol. The number of carbonyl (C=O) groups excluding carboxylic acids is 1. The summed E-state index contributed by atoms with van der Waals surface area (Å²) in [4.78, 5) is 12.9. The number of anilines is 2. The molecule has 1 fully saturated rings. The van der Waals surface area contributed by atoms with Crippen molar-refractivity contribution >= 4 is 27.5 Å². The van der Waals surface area contributed by atoms with Crippen LogP contribution in [0.4, 0.5) is 16.2 Å². The normalized spacial score (nSPS) is 15.4. The highest BCUT2D eigenvalue weighted by Crippen LogP contribution is 2.21. The first-order valence-electron chi connectivity index (χ1n) is 6.06. The zero-order valence-electron chi connectivity index (χ0n) is 10.6. The van der Waals surface area contributed by atoms with E-state index in [-0.39, 0.29) is 11.8 Å². The van der Waals surface area contributed by atoms with Gasteiger partial charge < -0.3 is 4.74 Å². The molecule has 19 heavy (non-hydrogen) atoms. The molecule has 1 saturated heterocycles. The van der Waals surface area contributed by atoms with Crippen molar-refractivity contribution in [2.45, 2.75) is 13.3 Å². The average molecular weight is 284 g/mol. The second kappa shape index (κ2) is 5.48. The molecule has 0 aliphatic carbocycles. The van der Waals surface area contributed by atoms with Crippen LogP contribution in [0, 0.1) is 0 Å². The van der Waals surface area contributed by atoms with Crippen molar-refractivity contribution in [3.63, 3.8) is 0 Å². The first-order chi connectivity index (χ1) is 9.02. The Morgan fingerprint density at radius 3 is 2.53 bits per heavy atom. The van der Waals surface area contributed by atoms with Crippen LogP contribution in [0.15, 0.2) is 24.3 Å². The number of carbonyl (C=O) groups is 1. The summed E-state index contributed by atoms with van der Waals surface area (Å²) in [5.41, 5.74) is 1.19. The molecule has 1 N–H and O–H groups in total. The Morgan fingerprint density at radius 1 is 1.32 bits per heavy atom. The van der Waals surface area contributed by atoms with Gasteiger partial charge in [0.15, 0.2) is 0 Å². The van der Waals surface area contributed by atoms with Gasteiger partial charge in [0.2, 0.25) is 10.0 Å². The predicted octanol–water partition coefficient (Wildman–Crippen LogP) is 1.79. The van der Waals surface area contributed by atoms with Gasteiger partial charge in [0.1, 0.15) is 6.61 Å². The van der Waals surface area contributed by atoms with Gasteiger partial charge in [0.25, 0.3) is 0 Å². The van der Waals surface area contributed by atoms with Crippen molar-refractivity contribution < 1.29 is 17.9 Å². The van der Waals surface area contributed by atoms with Gasteiger partial charge in [0, 0.05) is 11.4 Å². The molecule has 104 valence electrons. The number of ether oxygens (including phenoxy) is 1. The van der Waals surface area contributed by atoms with Crippen LogP contribution in [0.2, 0.25) is 0 Å². The summed E-state index contributed by atoms with van der Waals surface area (Å²) in [5, 5.41) is 0. The third-order valence-corrected chi connectivity index (χ3v) is 4.18. The number of hydrogen-bond acceptors (Lipinski definition) is 4. The lowest BCUT2D eigenvalue weighted by atomic mass is 10.2. The SMILES string of the molecule is CCCS(=O)(=O)Nc1ccc(N2CCOC2=O)cc1. The highest BCUT2D eigenvalue weighted by atomic mass is 32.2. The minimum absolute atomic E-state index is 0.0905. The second-order valence-corrected chi connectivity index (χ2v) is 6.08. The van der Waals surface area contributed by atoms with Crippen molar-refractivity contribution in [2.24, 2.45) is 0 Å². The van der Waals surface area contributed by atoms with Crippen molar-refractivity contribution in [3.8, 4) is 0 Å². The molecule has 0 saturated carbocycles. The van der Waals surface area contributed by atoms with E-state index in [9.17, 15) is 13.2 Å². The van der Waals surface area contributed by atoms with Gasteiger partial charge in [-0.1, -0.05) is 6.92 Å². The van der Waals surface area contributed by atoms with E-state index < -0.39 is 10.0 Å². The summed E-state index contributed by atoms with van der Waals surface area (Å²) in [6, 6.07) is 6.65. The molecular formula is C12H16N2O4S. The summed E-state index contributed by atoms with van der Waals surface area (Å²) in [5.74, 6) is 0.0905. The number of cyclic esters (lactones) is 1. The molecule has 0 unspecified atom stereocenters. The monoisotopic (exact) mass is 284 g/mol. The molecule has 0 bridgehead atoms. The average Bonchev–Trinajstić information content (AvgIpc) is 2.76. The van der Waals surface area contributed by atoms with E-state index in [0.29, 0.717) is 30.9 Å². The van der Waals surface area contributed by atoms with Crippen molar-refractivity contribution in [1.29, 1.82) is 0 Å². The van der Waals surface area contributed by atoms with Crippen molar-refractivity contribution in [3.05, 3.63) is 24.3 Å². The molecule has 0 spiro atoms. The van der Waals surface area contributed by atoms with Gasteiger partial charge in [-0.25, -0.2) is 13.2 Å². The standard InChI is InChI=1S/C12H16N2O4S/c1-2-9-19(16,17)13-10-3-5-11(6-4-10)14-7-8-18-12(14)15/h3-6,13H,2,7-9H2,1H3. The molecule has 1 amide bonds. The molecule has 1 heterocycles. The first kappa shape index (κ1) is 13.7. The van der Waals surface area contributed by atoms with E-state index in [1.54, 1.807) is 31.2 Å². The van der Waals surface area contributed by atoms with Crippen LogP contribution in [-0.2, 0) is 14.8 Å². The molecule has 6 nitrogen and oxygen atoms in total. The van der Waals surface area contributed by atoms with E-state index >= 15 is 0 Å². The van der Waals surface area contributed by atoms with Crippen LogP contribution >= 0.6 is 0 Å². The number of hydrogen-bond donors (Lipinski definition) is 1. The number of nitrogens with one attached hydrogen (secondary N) is 1. The summed E-state index contributed by atoms with van der Waals surface area (Å²) < 4.78 is 30.5. The Bertz CT molecular complexity index is 554. The maximum Gasteiger partial charge on any atom is 0.414 e. The van der Waals surface area contributed by atoms with Crippen LogP contribution in [0.25, 0.3) is 0 Å². The van der Waals surface area contributed by atoms with E-state index in [1.807, 2.05) is 0 Å². The molecule has 1 aliphatic rings. The molecule has 0 atom stereocenters. The summed E-state index contributed by atoms with van der Waals surface area (Å²) in [6.45, 7) is 2.70. The molecule has 0 aromatic heterocycles. The Hall–Kier alpha value is -1.76. The number of rotatable bonds is 5. The molecule has 2 rings (SSSR count). The molecule has 1 aliphatic heterocycles. The summed E-state index contributed by atoms with van der Waals surface area (Å²) in [6.07, 6.45) is 0.187. The van der Waals surface area contributed by atoms with Gasteiger partial charge in [-0.3, -0.25) is 9.62 Å². The lowest BCUT2D eigenvalue weighted by Gasteiger charge is -2.13. The fraction of sp³-hybridized carbons (Fsp3) is 0.417. The minimum atomic E-state index is -3.28. The molecule has 7 heteroatoms. The Kier molecular flexibility index (Phi) is 3.94. The fourth-order valence-electron chi connectivity index (χ4n) is 1.84. The highest BCUT2D eigenvalue weighted by molar-refractivity contribution is 7.92. The Labute approximate surface area is 112 Å². The van der Waals surface area contributed by atoms with Gasteiger partial charge >= 0.3 is 6.09 Å². The maximum absolute atomic E-state index is 11.6. The van der Waals surface area contributed by atoms with Crippen molar-refractivity contribution in [1.82, 2.24) is 0 Å². The van der Waals surface area contributed by atoms with Crippen LogP contribution < -0.4 is 9.62 Å². The summed E-state index contributed by atoms with van der Waals surface area (Å²) >= 11 is 0. The predicted molar refractivity (Wildman–Crippen MR) is 72.8 cm³/mol. The van der Waals surface area contributed by atoms with Crippen LogP contribution in [-0.4, -0.2) is 33.4 Å². The molecule has 1 aromatic rings. The number of benzene rings is 1. The van der Waals surface area contributed by atoms with Crippen LogP contribution in [0.1, 0.15) is 13.3 Å². The topological polar surface area (TPSA) is 75.7 Å². The van der Waals surface area contributed by atoms with E-state index in [0.717, 1.165) is 0 Å². The summed E-state index contributed by atoms with van der Waals surface area (Å²) in [7, 11) is -3.28. The fourth-order valence-corrected chi connectivity index (χ4v) is 2.97. The second-order valence-electron chi connectivity index (χ2n) is 4.23. The highest BCUT2D eigenvalue weighted by Gasteiger charge is 2.23. The number of sulfonamides is 1. The molecule has 1 aromatic carbocycles. The van der Waals surface area contributed by atoms with Gasteiger partial charge in [-0.15, -0.1) is 0 Å². The lowest BCUT2D eigenvalue weighted by Crippen LogP contribution is -2.23. The van der Waals surface area contributed by atoms with E-state index in [4.69, 9.17) is 4.74 Å². The largest absolute Gasteiger partial charge is 0.447 e. The van der Waals surface area contributed by atoms with Crippen LogP contribution in [0.5, 0.6) is 0 Å². The Morgan fingerprint density at radius 2 is 2.00 bits per heavy atom. The van der Waals surface area contributed by atoms with Crippen LogP contribution in [0.3, 0.4) is 0 Å². The maximum atomic E-state index is 11.6. The lowest BCUT2D eigenvalue weighted by molar-refractivity contribution is 0.181. The smallest absolute Gasteiger partial charge is 0.414 e. The number of nitrogens with zero attached hydrogens (tertiary/aromatic N) is 1. The van der Waals surface area contributed by atoms with Gasteiger partial charge in [0.05, 0.1) is 12.3 Å². The minimum Gasteiger partial charge on any atom is -0.447 e. The van der Waals surface area contributed by atoms with Gasteiger partial charge in [-0.2, -0.15) is 0 Å². The van der Waals surface area contributed by atoms with Crippen molar-refractivity contribution in [2.75, 3.05) is 28.5 Å². The molecule has 0 radical (unpaired) electrons. The third kappa shape index (κ3) is 3.37. The van der Waals surface area contributed by atoms with Gasteiger partial charge in [-0.05, 0) is 30.7 Å². The van der Waals surface area contributed by atoms with E-state index in [1.165, 1.54) is 4.90 Å². The number of amides is 1. The first-order valence-corrected chi connectivity index (χ1v) is 7.72. The third-order valence-electron chi connectivity index (χ3n) is 2.69. The zero-order valence-corrected chi connectivity index (χ0v) is 11.4. The zero-order chi connectivity index (χ0) is 13.9.